The first-order valence-corrected chi connectivity index (χ1v) is 10.5. The molecule has 1 heterocycles. The maximum atomic E-state index is 12.0. The lowest BCUT2D eigenvalue weighted by Crippen LogP contribution is -2.36. The number of nitrogens with zero attached hydrogens (tertiary/aromatic N) is 4. The zero-order chi connectivity index (χ0) is 22.8. The van der Waals surface area contributed by atoms with Gasteiger partial charge in [-0.1, -0.05) is 12.2 Å². The van der Waals surface area contributed by atoms with Crippen molar-refractivity contribution in [2.24, 2.45) is 10.7 Å². The van der Waals surface area contributed by atoms with Crippen LogP contribution >= 0.6 is 0 Å². The highest BCUT2D eigenvalue weighted by Gasteiger charge is 2.18. The maximum Gasteiger partial charge on any atom is 0.196 e. The number of allylic oxidation sites excluding steroid dienone is 4. The Bertz CT molecular complexity index is 853. The van der Waals surface area contributed by atoms with Crippen molar-refractivity contribution in [2.75, 3.05) is 57.7 Å². The first-order valence-electron chi connectivity index (χ1n) is 10.5. The molecule has 2 rings (SSSR count). The highest BCUT2D eigenvalue weighted by molar-refractivity contribution is 5.90. The Morgan fingerprint density at radius 1 is 1.26 bits per heavy atom. The number of ether oxygens (including phenoxy) is 1. The van der Waals surface area contributed by atoms with Gasteiger partial charge in [-0.15, -0.1) is 0 Å². The summed E-state index contributed by atoms with van der Waals surface area (Å²) in [6.07, 6.45) is 8.41. The molecule has 0 saturated carbocycles. The molecule has 0 amide bonds. The third kappa shape index (κ3) is 7.29. The summed E-state index contributed by atoms with van der Waals surface area (Å²) in [5.74, 6) is 0.438. The zero-order valence-corrected chi connectivity index (χ0v) is 19.3. The van der Waals surface area contributed by atoms with Gasteiger partial charge in [0.1, 0.15) is 0 Å². The summed E-state index contributed by atoms with van der Waals surface area (Å²) >= 11 is 0. The lowest BCUT2D eigenvalue weighted by molar-refractivity contribution is -0.113. The number of aliphatic imine (C=N–C) groups is 1. The number of carbonyl (C=O) groups excluding carboxylic acids is 1. The summed E-state index contributed by atoms with van der Waals surface area (Å²) in [6.45, 7) is 3.89. The van der Waals surface area contributed by atoms with Crippen LogP contribution in [-0.4, -0.2) is 64.6 Å². The van der Waals surface area contributed by atoms with Gasteiger partial charge in [-0.3, -0.25) is 4.79 Å². The van der Waals surface area contributed by atoms with Gasteiger partial charge in [-0.05, 0) is 49.3 Å². The Labute approximate surface area is 186 Å². The van der Waals surface area contributed by atoms with Crippen LogP contribution in [0.2, 0.25) is 0 Å². The molecular formula is C24H35N5O2. The van der Waals surface area contributed by atoms with Crippen LogP contribution in [0.3, 0.4) is 0 Å². The van der Waals surface area contributed by atoms with Crippen molar-refractivity contribution in [3.8, 4) is 0 Å². The Balaban J connectivity index is 2.27. The summed E-state index contributed by atoms with van der Waals surface area (Å²) in [5, 5.41) is 0. The molecule has 0 fully saturated rings. The normalized spacial score (nSPS) is 14.9. The van der Waals surface area contributed by atoms with Crippen molar-refractivity contribution < 1.29 is 9.53 Å². The van der Waals surface area contributed by atoms with Gasteiger partial charge in [-0.25, -0.2) is 4.99 Å². The molecule has 7 nitrogen and oxygen atoms in total. The van der Waals surface area contributed by atoms with Gasteiger partial charge in [0, 0.05) is 65.3 Å². The number of guanidine groups is 1. The Morgan fingerprint density at radius 3 is 2.58 bits per heavy atom. The average Bonchev–Trinajstić information content (AvgIpc) is 3.25. The molecule has 0 bridgehead atoms. The molecule has 0 saturated heterocycles. The molecule has 7 heteroatoms. The molecule has 0 spiro atoms. The number of rotatable bonds is 10. The quantitative estimate of drug-likeness (QED) is 0.353. The molecule has 0 aromatic heterocycles. The number of nitrogens with two attached hydrogens (primary N) is 1. The van der Waals surface area contributed by atoms with Crippen LogP contribution in [0.1, 0.15) is 19.8 Å². The molecule has 1 aromatic rings. The van der Waals surface area contributed by atoms with E-state index < -0.39 is 0 Å². The number of likely N-dealkylation sites (N-methyl/N-ethyl adjacent to an activating group) is 1. The monoisotopic (exact) mass is 425 g/mol. The summed E-state index contributed by atoms with van der Waals surface area (Å²) in [7, 11) is 7.59. The first kappa shape index (κ1) is 24.2. The molecule has 1 aliphatic rings. The van der Waals surface area contributed by atoms with Gasteiger partial charge >= 0.3 is 0 Å². The van der Waals surface area contributed by atoms with E-state index >= 15 is 0 Å². The SMILES string of the molecule is CC=CC(=O)CC=C(N=C(N)N(C)CCOC)C1=CN(c2ccc(N(C)C)cc2)CC1. The van der Waals surface area contributed by atoms with Crippen molar-refractivity contribution in [3.05, 3.63) is 60.0 Å². The molecule has 0 radical (unpaired) electrons. The van der Waals surface area contributed by atoms with Gasteiger partial charge in [0.25, 0.3) is 0 Å². The number of hydrogen-bond acceptors (Lipinski definition) is 5. The largest absolute Gasteiger partial charge is 0.383 e. The molecule has 168 valence electrons. The molecule has 1 aliphatic heterocycles. The van der Waals surface area contributed by atoms with Crippen molar-refractivity contribution in [1.82, 2.24) is 4.90 Å². The summed E-state index contributed by atoms with van der Waals surface area (Å²) in [5.41, 5.74) is 10.3. The van der Waals surface area contributed by atoms with Crippen molar-refractivity contribution in [1.29, 1.82) is 0 Å². The molecule has 2 N–H and O–H groups in total. The molecule has 0 unspecified atom stereocenters. The molecule has 0 atom stereocenters. The fourth-order valence-electron chi connectivity index (χ4n) is 3.15. The fraction of sp³-hybridized carbons (Fsp3) is 0.417. The molecule has 0 aliphatic carbocycles. The van der Waals surface area contributed by atoms with Gasteiger partial charge in [-0.2, -0.15) is 0 Å². The molecular weight excluding hydrogens is 390 g/mol. The van der Waals surface area contributed by atoms with E-state index in [0.717, 1.165) is 35.6 Å². The second-order valence-corrected chi connectivity index (χ2v) is 7.65. The third-order valence-corrected chi connectivity index (χ3v) is 5.07. The van der Waals surface area contributed by atoms with Crippen LogP contribution in [-0.2, 0) is 9.53 Å². The second-order valence-electron chi connectivity index (χ2n) is 7.65. The van der Waals surface area contributed by atoms with E-state index in [4.69, 9.17) is 10.5 Å². The van der Waals surface area contributed by atoms with Crippen LogP contribution in [0.25, 0.3) is 0 Å². The minimum atomic E-state index is 0.0382. The van der Waals surface area contributed by atoms with E-state index in [0.29, 0.717) is 19.1 Å². The average molecular weight is 426 g/mol. The number of hydrogen-bond donors (Lipinski definition) is 1. The number of benzene rings is 1. The van der Waals surface area contributed by atoms with E-state index in [1.54, 1.807) is 19.3 Å². The Kier molecular flexibility index (Phi) is 9.34. The molecule has 1 aromatic carbocycles. The van der Waals surface area contributed by atoms with E-state index in [1.807, 2.05) is 39.0 Å². The van der Waals surface area contributed by atoms with E-state index in [-0.39, 0.29) is 12.2 Å². The van der Waals surface area contributed by atoms with Gasteiger partial charge in [0.2, 0.25) is 0 Å². The van der Waals surface area contributed by atoms with E-state index in [1.165, 1.54) is 0 Å². The van der Waals surface area contributed by atoms with Gasteiger partial charge in [0.15, 0.2) is 11.7 Å². The van der Waals surface area contributed by atoms with Crippen LogP contribution in [0.5, 0.6) is 0 Å². The zero-order valence-electron chi connectivity index (χ0n) is 19.3. The summed E-state index contributed by atoms with van der Waals surface area (Å²) < 4.78 is 5.12. The van der Waals surface area contributed by atoms with Crippen molar-refractivity contribution in [2.45, 2.75) is 19.8 Å². The van der Waals surface area contributed by atoms with Gasteiger partial charge in [0.05, 0.1) is 12.3 Å². The number of anilines is 2. The lowest BCUT2D eigenvalue weighted by Gasteiger charge is -2.18. The summed E-state index contributed by atoms with van der Waals surface area (Å²) in [6, 6.07) is 8.44. The number of carbonyl (C=O) groups is 1. The minimum absolute atomic E-state index is 0.0382. The fourth-order valence-corrected chi connectivity index (χ4v) is 3.15. The minimum Gasteiger partial charge on any atom is -0.383 e. The number of methoxy groups -OCH3 is 1. The highest BCUT2D eigenvalue weighted by Crippen LogP contribution is 2.29. The predicted molar refractivity (Wildman–Crippen MR) is 129 cm³/mol. The van der Waals surface area contributed by atoms with Crippen LogP contribution in [0.4, 0.5) is 11.4 Å². The smallest absolute Gasteiger partial charge is 0.196 e. The van der Waals surface area contributed by atoms with Crippen LogP contribution < -0.4 is 15.5 Å². The van der Waals surface area contributed by atoms with Crippen molar-refractivity contribution >= 4 is 23.1 Å². The maximum absolute atomic E-state index is 12.0. The summed E-state index contributed by atoms with van der Waals surface area (Å²) in [4.78, 5) is 22.8. The lowest BCUT2D eigenvalue weighted by atomic mass is 10.1. The topological polar surface area (TPSA) is 74.4 Å². The van der Waals surface area contributed by atoms with Crippen LogP contribution in [0, 0.1) is 0 Å². The molecule has 31 heavy (non-hydrogen) atoms. The Morgan fingerprint density at radius 2 is 1.97 bits per heavy atom. The van der Waals surface area contributed by atoms with Crippen LogP contribution in [0.15, 0.2) is 65.0 Å². The second kappa shape index (κ2) is 12.0. The standard InChI is InChI=1S/C24H35N5O2/c1-6-7-22(30)12-13-23(26-24(25)28(4)16-17-31-5)19-14-15-29(18-19)21-10-8-20(9-11-21)27(2)3/h6-11,13,18H,12,14-17H2,1-5H3,(H2,25,26). The number of ketones is 1. The van der Waals surface area contributed by atoms with Crippen molar-refractivity contribution in [3.63, 3.8) is 0 Å². The van der Waals surface area contributed by atoms with E-state index in [9.17, 15) is 4.79 Å². The Hall–Kier alpha value is -3.06. The van der Waals surface area contributed by atoms with E-state index in [2.05, 4.69) is 45.3 Å². The highest BCUT2D eigenvalue weighted by atomic mass is 16.5. The van der Waals surface area contributed by atoms with Gasteiger partial charge < -0.3 is 25.2 Å². The third-order valence-electron chi connectivity index (χ3n) is 5.07. The first-order chi connectivity index (χ1) is 14.8. The predicted octanol–water partition coefficient (Wildman–Crippen LogP) is 3.16.